The predicted octanol–water partition coefficient (Wildman–Crippen LogP) is 2.40. The normalized spacial score (nSPS) is 20.6. The SMILES string of the molecule is CCC1CCCCCN1CCC(=O)N(C)CCC#N. The molecule has 0 saturated carbocycles. The Morgan fingerprint density at radius 3 is 2.89 bits per heavy atom. The summed E-state index contributed by atoms with van der Waals surface area (Å²) in [7, 11) is 1.79. The third kappa shape index (κ3) is 5.61. The van der Waals surface area contributed by atoms with Crippen LogP contribution in [-0.4, -0.2) is 48.4 Å². The number of carbonyl (C=O) groups excluding carboxylic acids is 1. The van der Waals surface area contributed by atoms with Crippen LogP contribution in [0.2, 0.25) is 0 Å². The first kappa shape index (κ1) is 16.0. The van der Waals surface area contributed by atoms with Gasteiger partial charge in [0.25, 0.3) is 0 Å². The van der Waals surface area contributed by atoms with Crippen LogP contribution < -0.4 is 0 Å². The molecule has 0 aromatic rings. The number of rotatable bonds is 6. The number of hydrogen-bond acceptors (Lipinski definition) is 3. The number of carbonyl (C=O) groups is 1. The van der Waals surface area contributed by atoms with E-state index >= 15 is 0 Å². The first-order chi connectivity index (χ1) is 9.19. The second-order valence-electron chi connectivity index (χ2n) is 5.42. The minimum atomic E-state index is 0.161. The van der Waals surface area contributed by atoms with E-state index < -0.39 is 0 Å². The molecule has 0 aliphatic carbocycles. The van der Waals surface area contributed by atoms with E-state index in [-0.39, 0.29) is 5.91 Å². The van der Waals surface area contributed by atoms with Crippen LogP contribution in [0, 0.1) is 11.3 Å². The molecule has 1 aliphatic rings. The highest BCUT2D eigenvalue weighted by molar-refractivity contribution is 5.76. The van der Waals surface area contributed by atoms with E-state index in [1.807, 2.05) is 0 Å². The number of likely N-dealkylation sites (tertiary alicyclic amines) is 1. The lowest BCUT2D eigenvalue weighted by molar-refractivity contribution is -0.130. The van der Waals surface area contributed by atoms with E-state index in [2.05, 4.69) is 17.9 Å². The maximum Gasteiger partial charge on any atom is 0.223 e. The summed E-state index contributed by atoms with van der Waals surface area (Å²) < 4.78 is 0. The van der Waals surface area contributed by atoms with Gasteiger partial charge in [0.2, 0.25) is 5.91 Å². The Labute approximate surface area is 117 Å². The smallest absolute Gasteiger partial charge is 0.223 e. The van der Waals surface area contributed by atoms with Crippen LogP contribution >= 0.6 is 0 Å². The van der Waals surface area contributed by atoms with Gasteiger partial charge in [-0.25, -0.2) is 0 Å². The Morgan fingerprint density at radius 1 is 1.42 bits per heavy atom. The van der Waals surface area contributed by atoms with Gasteiger partial charge in [-0.05, 0) is 25.8 Å². The highest BCUT2D eigenvalue weighted by Gasteiger charge is 2.20. The zero-order valence-electron chi connectivity index (χ0n) is 12.4. The van der Waals surface area contributed by atoms with Gasteiger partial charge in [-0.2, -0.15) is 5.26 Å². The number of hydrogen-bond donors (Lipinski definition) is 0. The highest BCUT2D eigenvalue weighted by atomic mass is 16.2. The number of nitrogens with zero attached hydrogens (tertiary/aromatic N) is 3. The Bertz CT molecular complexity index is 311. The molecule has 0 bridgehead atoms. The minimum Gasteiger partial charge on any atom is -0.345 e. The fourth-order valence-electron chi connectivity index (χ4n) is 2.77. The van der Waals surface area contributed by atoms with Gasteiger partial charge >= 0.3 is 0 Å². The third-order valence-electron chi connectivity index (χ3n) is 4.07. The molecule has 108 valence electrons. The van der Waals surface area contributed by atoms with Gasteiger partial charge in [-0.1, -0.05) is 19.8 Å². The van der Waals surface area contributed by atoms with E-state index in [1.165, 1.54) is 32.1 Å². The summed E-state index contributed by atoms with van der Waals surface area (Å²) in [6.45, 7) is 4.79. The summed E-state index contributed by atoms with van der Waals surface area (Å²) in [5.41, 5.74) is 0. The summed E-state index contributed by atoms with van der Waals surface area (Å²) in [4.78, 5) is 16.1. The summed E-state index contributed by atoms with van der Waals surface area (Å²) in [5.74, 6) is 0.161. The van der Waals surface area contributed by atoms with Crippen LogP contribution in [0.5, 0.6) is 0 Å². The molecule has 19 heavy (non-hydrogen) atoms. The third-order valence-corrected chi connectivity index (χ3v) is 4.07. The Morgan fingerprint density at radius 2 is 2.21 bits per heavy atom. The lowest BCUT2D eigenvalue weighted by Crippen LogP contribution is -2.38. The molecule has 1 unspecified atom stereocenters. The molecule has 0 N–H and O–H groups in total. The molecule has 0 radical (unpaired) electrons. The summed E-state index contributed by atoms with van der Waals surface area (Å²) in [6, 6.07) is 2.73. The predicted molar refractivity (Wildman–Crippen MR) is 76.6 cm³/mol. The van der Waals surface area contributed by atoms with Crippen molar-refractivity contribution in [2.45, 2.75) is 57.9 Å². The lowest BCUT2D eigenvalue weighted by atomic mass is 10.1. The van der Waals surface area contributed by atoms with Crippen molar-refractivity contribution in [3.63, 3.8) is 0 Å². The van der Waals surface area contributed by atoms with Gasteiger partial charge < -0.3 is 4.90 Å². The van der Waals surface area contributed by atoms with Crippen LogP contribution in [0.4, 0.5) is 0 Å². The molecule has 1 amide bonds. The van der Waals surface area contributed by atoms with Crippen LogP contribution in [0.25, 0.3) is 0 Å². The molecule has 4 nitrogen and oxygen atoms in total. The van der Waals surface area contributed by atoms with E-state index in [4.69, 9.17) is 5.26 Å². The first-order valence-corrected chi connectivity index (χ1v) is 7.54. The van der Waals surface area contributed by atoms with Gasteiger partial charge in [0, 0.05) is 32.6 Å². The number of amides is 1. The van der Waals surface area contributed by atoms with Crippen LogP contribution in [0.15, 0.2) is 0 Å². The van der Waals surface area contributed by atoms with Crippen LogP contribution in [0.1, 0.15) is 51.9 Å². The average molecular weight is 265 g/mol. The fraction of sp³-hybridized carbons (Fsp3) is 0.867. The van der Waals surface area contributed by atoms with Crippen LogP contribution in [0.3, 0.4) is 0 Å². The van der Waals surface area contributed by atoms with Gasteiger partial charge in [0.05, 0.1) is 12.5 Å². The average Bonchev–Trinajstić information content (AvgIpc) is 2.66. The van der Waals surface area contributed by atoms with Crippen molar-refractivity contribution in [2.24, 2.45) is 0 Å². The summed E-state index contributed by atoms with van der Waals surface area (Å²) in [6.07, 6.45) is 7.36. The zero-order valence-corrected chi connectivity index (χ0v) is 12.4. The lowest BCUT2D eigenvalue weighted by Gasteiger charge is -2.29. The van der Waals surface area contributed by atoms with Crippen molar-refractivity contribution in [1.82, 2.24) is 9.80 Å². The maximum absolute atomic E-state index is 12.0. The Balaban J connectivity index is 2.36. The molecular weight excluding hydrogens is 238 g/mol. The van der Waals surface area contributed by atoms with Gasteiger partial charge in [-0.15, -0.1) is 0 Å². The second-order valence-corrected chi connectivity index (χ2v) is 5.42. The zero-order chi connectivity index (χ0) is 14.1. The van der Waals surface area contributed by atoms with Crippen molar-refractivity contribution in [2.75, 3.05) is 26.7 Å². The van der Waals surface area contributed by atoms with E-state index in [0.717, 1.165) is 13.1 Å². The molecule has 1 rings (SSSR count). The van der Waals surface area contributed by atoms with Crippen molar-refractivity contribution >= 4 is 5.91 Å². The molecule has 1 aliphatic heterocycles. The Kier molecular flexibility index (Phi) is 7.50. The van der Waals surface area contributed by atoms with Gasteiger partial charge in [0.15, 0.2) is 0 Å². The molecule has 1 heterocycles. The van der Waals surface area contributed by atoms with E-state index in [9.17, 15) is 4.79 Å². The van der Waals surface area contributed by atoms with Crippen molar-refractivity contribution in [3.05, 3.63) is 0 Å². The Hall–Kier alpha value is -1.08. The summed E-state index contributed by atoms with van der Waals surface area (Å²) >= 11 is 0. The monoisotopic (exact) mass is 265 g/mol. The van der Waals surface area contributed by atoms with E-state index in [1.54, 1.807) is 11.9 Å². The number of nitriles is 1. The van der Waals surface area contributed by atoms with Crippen LogP contribution in [-0.2, 0) is 4.79 Å². The van der Waals surface area contributed by atoms with Crippen molar-refractivity contribution in [1.29, 1.82) is 5.26 Å². The van der Waals surface area contributed by atoms with Gasteiger partial charge in [-0.3, -0.25) is 9.69 Å². The molecule has 0 spiro atoms. The molecule has 4 heteroatoms. The van der Waals surface area contributed by atoms with Crippen molar-refractivity contribution < 1.29 is 4.79 Å². The first-order valence-electron chi connectivity index (χ1n) is 7.54. The second kappa shape index (κ2) is 8.92. The molecular formula is C15H27N3O. The molecule has 1 saturated heterocycles. The quantitative estimate of drug-likeness (QED) is 0.741. The largest absolute Gasteiger partial charge is 0.345 e. The highest BCUT2D eigenvalue weighted by Crippen LogP contribution is 2.19. The molecule has 1 fully saturated rings. The topological polar surface area (TPSA) is 47.3 Å². The summed E-state index contributed by atoms with van der Waals surface area (Å²) in [5, 5.41) is 8.53. The standard InChI is InChI=1S/C15H27N3O/c1-3-14-8-5-4-6-12-18(14)13-9-15(19)17(2)11-7-10-16/h14H,3-9,11-13H2,1-2H3. The molecule has 0 aromatic carbocycles. The maximum atomic E-state index is 12.0. The minimum absolute atomic E-state index is 0.161. The van der Waals surface area contributed by atoms with Crippen molar-refractivity contribution in [3.8, 4) is 6.07 Å². The fourth-order valence-corrected chi connectivity index (χ4v) is 2.77. The van der Waals surface area contributed by atoms with E-state index in [0.29, 0.717) is 25.4 Å². The van der Waals surface area contributed by atoms with Gasteiger partial charge in [0.1, 0.15) is 0 Å². The molecule has 0 aromatic heterocycles. The molecule has 1 atom stereocenters.